The lowest BCUT2D eigenvalue weighted by Crippen LogP contribution is -2.35. The molecule has 0 fully saturated rings. The molecule has 2 aromatic rings. The first kappa shape index (κ1) is 19.2. The zero-order valence-electron chi connectivity index (χ0n) is 13.7. The molecule has 0 unspecified atom stereocenters. The number of sulfonamides is 1. The Hall–Kier alpha value is -3.14. The highest BCUT2D eigenvalue weighted by Gasteiger charge is 2.28. The molecular formula is C16H16N2O7S. The van der Waals surface area contributed by atoms with Crippen LogP contribution in [-0.4, -0.2) is 37.6 Å². The second kappa shape index (κ2) is 7.83. The number of nitro benzene ring substituents is 1. The van der Waals surface area contributed by atoms with Gasteiger partial charge in [-0.05, 0) is 37.3 Å². The standard InChI is InChI=1S/C16H16N2O7S/c1-2-25-14-6-8-15(9-7-14)26(23,24)17(11-16(19)20)12-4-3-5-13(10-12)18(21)22/h3-10H,2,11H2,1H3,(H,19,20). The van der Waals surface area contributed by atoms with E-state index in [1.54, 1.807) is 6.92 Å². The molecule has 2 aromatic carbocycles. The Labute approximate surface area is 149 Å². The summed E-state index contributed by atoms with van der Waals surface area (Å²) < 4.78 is 31.6. The van der Waals surface area contributed by atoms with E-state index < -0.39 is 27.5 Å². The van der Waals surface area contributed by atoms with E-state index in [4.69, 9.17) is 9.84 Å². The minimum absolute atomic E-state index is 0.115. The first-order chi connectivity index (χ1) is 12.3. The molecule has 0 spiro atoms. The van der Waals surface area contributed by atoms with Gasteiger partial charge in [-0.25, -0.2) is 8.42 Å². The fourth-order valence-electron chi connectivity index (χ4n) is 2.20. The summed E-state index contributed by atoms with van der Waals surface area (Å²) >= 11 is 0. The highest BCUT2D eigenvalue weighted by molar-refractivity contribution is 7.92. The number of carboxylic acid groups (broad SMARTS) is 1. The zero-order chi connectivity index (χ0) is 19.3. The van der Waals surface area contributed by atoms with Gasteiger partial charge in [-0.3, -0.25) is 19.2 Å². The van der Waals surface area contributed by atoms with Crippen molar-refractivity contribution in [3.8, 4) is 5.75 Å². The Morgan fingerprint density at radius 1 is 1.23 bits per heavy atom. The van der Waals surface area contributed by atoms with E-state index in [9.17, 15) is 23.3 Å². The number of hydrogen-bond acceptors (Lipinski definition) is 6. The van der Waals surface area contributed by atoms with Gasteiger partial charge in [-0.15, -0.1) is 0 Å². The number of benzene rings is 2. The van der Waals surface area contributed by atoms with Crippen molar-refractivity contribution in [1.82, 2.24) is 0 Å². The molecule has 0 heterocycles. The van der Waals surface area contributed by atoms with Crippen molar-refractivity contribution < 1.29 is 28.0 Å². The summed E-state index contributed by atoms with van der Waals surface area (Å²) in [6, 6.07) is 10.2. The SMILES string of the molecule is CCOc1ccc(S(=O)(=O)N(CC(=O)O)c2cccc([N+](=O)[O-])c2)cc1. The van der Waals surface area contributed by atoms with Gasteiger partial charge in [0, 0.05) is 12.1 Å². The van der Waals surface area contributed by atoms with Gasteiger partial charge in [0.25, 0.3) is 15.7 Å². The maximum Gasteiger partial charge on any atom is 0.324 e. The average Bonchev–Trinajstić information content (AvgIpc) is 2.60. The summed E-state index contributed by atoms with van der Waals surface area (Å²) in [6.45, 7) is 1.31. The second-order valence-corrected chi connectivity index (χ2v) is 6.95. The number of hydrogen-bond donors (Lipinski definition) is 1. The molecule has 1 N–H and O–H groups in total. The van der Waals surface area contributed by atoms with Gasteiger partial charge in [0.15, 0.2) is 0 Å². The molecule has 0 amide bonds. The van der Waals surface area contributed by atoms with Gasteiger partial charge in [-0.2, -0.15) is 0 Å². The van der Waals surface area contributed by atoms with Crippen LogP contribution in [0.3, 0.4) is 0 Å². The third-order valence-corrected chi connectivity index (χ3v) is 5.12. The molecule has 0 aliphatic rings. The molecule has 0 saturated carbocycles. The Morgan fingerprint density at radius 2 is 1.88 bits per heavy atom. The van der Waals surface area contributed by atoms with Crippen molar-refractivity contribution in [2.45, 2.75) is 11.8 Å². The lowest BCUT2D eigenvalue weighted by molar-refractivity contribution is -0.384. The van der Waals surface area contributed by atoms with Crippen molar-refractivity contribution in [2.24, 2.45) is 0 Å². The topological polar surface area (TPSA) is 127 Å². The van der Waals surface area contributed by atoms with Crippen LogP contribution in [0.5, 0.6) is 5.75 Å². The van der Waals surface area contributed by atoms with E-state index in [-0.39, 0.29) is 16.3 Å². The Kier molecular flexibility index (Phi) is 5.78. The second-order valence-electron chi connectivity index (χ2n) is 5.09. The van der Waals surface area contributed by atoms with E-state index in [1.807, 2.05) is 0 Å². The largest absolute Gasteiger partial charge is 0.494 e. The lowest BCUT2D eigenvalue weighted by Gasteiger charge is -2.22. The number of nitrogens with zero attached hydrogens (tertiary/aromatic N) is 2. The highest BCUT2D eigenvalue weighted by atomic mass is 32.2. The van der Waals surface area contributed by atoms with Crippen LogP contribution in [0.15, 0.2) is 53.4 Å². The van der Waals surface area contributed by atoms with E-state index in [0.29, 0.717) is 16.7 Å². The Balaban J connectivity index is 2.49. The molecular weight excluding hydrogens is 364 g/mol. The molecule has 9 nitrogen and oxygen atoms in total. The molecule has 0 saturated heterocycles. The summed E-state index contributed by atoms with van der Waals surface area (Å²) in [7, 11) is -4.25. The van der Waals surface area contributed by atoms with Crippen LogP contribution in [0.25, 0.3) is 0 Å². The predicted molar refractivity (Wildman–Crippen MR) is 92.9 cm³/mol. The van der Waals surface area contributed by atoms with Gasteiger partial charge < -0.3 is 9.84 Å². The monoisotopic (exact) mass is 380 g/mol. The number of carbonyl (C=O) groups is 1. The summed E-state index contributed by atoms with van der Waals surface area (Å²) in [5.74, 6) is -0.933. The smallest absolute Gasteiger partial charge is 0.324 e. The van der Waals surface area contributed by atoms with Crippen LogP contribution in [0.1, 0.15) is 6.92 Å². The summed E-state index contributed by atoms with van der Waals surface area (Å²) in [4.78, 5) is 21.2. The van der Waals surface area contributed by atoms with Crippen molar-refractivity contribution in [3.63, 3.8) is 0 Å². The zero-order valence-corrected chi connectivity index (χ0v) is 14.5. The predicted octanol–water partition coefficient (Wildman–Crippen LogP) is 2.27. The van der Waals surface area contributed by atoms with Crippen LogP contribution in [0, 0.1) is 10.1 Å². The normalized spacial score (nSPS) is 11.0. The highest BCUT2D eigenvalue weighted by Crippen LogP contribution is 2.27. The third kappa shape index (κ3) is 4.28. The molecule has 0 bridgehead atoms. The van der Waals surface area contributed by atoms with Crippen molar-refractivity contribution in [2.75, 3.05) is 17.5 Å². The molecule has 138 valence electrons. The van der Waals surface area contributed by atoms with Gasteiger partial charge in [0.1, 0.15) is 12.3 Å². The van der Waals surface area contributed by atoms with Crippen LogP contribution in [0.2, 0.25) is 0 Å². The number of rotatable bonds is 8. The minimum Gasteiger partial charge on any atom is -0.494 e. The van der Waals surface area contributed by atoms with Crippen molar-refractivity contribution in [3.05, 3.63) is 58.6 Å². The van der Waals surface area contributed by atoms with E-state index in [1.165, 1.54) is 42.5 Å². The molecule has 0 atom stereocenters. The van der Waals surface area contributed by atoms with Gasteiger partial charge in [-0.1, -0.05) is 6.07 Å². The Bertz CT molecular complexity index is 910. The maximum atomic E-state index is 12.9. The number of carboxylic acids is 1. The van der Waals surface area contributed by atoms with Crippen LogP contribution in [0.4, 0.5) is 11.4 Å². The van der Waals surface area contributed by atoms with Gasteiger partial charge in [0.05, 0.1) is 22.1 Å². The van der Waals surface area contributed by atoms with Crippen molar-refractivity contribution in [1.29, 1.82) is 0 Å². The summed E-state index contributed by atoms with van der Waals surface area (Å²) in [6.07, 6.45) is 0. The van der Waals surface area contributed by atoms with E-state index in [0.717, 1.165) is 6.07 Å². The molecule has 2 rings (SSSR count). The number of ether oxygens (including phenoxy) is 1. The van der Waals surface area contributed by atoms with Crippen LogP contribution in [-0.2, 0) is 14.8 Å². The number of nitro groups is 1. The maximum absolute atomic E-state index is 12.9. The molecule has 0 aliphatic heterocycles. The minimum atomic E-state index is -4.25. The fraction of sp³-hybridized carbons (Fsp3) is 0.188. The summed E-state index contributed by atoms with van der Waals surface area (Å²) in [5.41, 5.74) is -0.463. The molecule has 0 radical (unpaired) electrons. The molecule has 0 aliphatic carbocycles. The molecule has 26 heavy (non-hydrogen) atoms. The van der Waals surface area contributed by atoms with Crippen LogP contribution < -0.4 is 9.04 Å². The van der Waals surface area contributed by atoms with Crippen molar-refractivity contribution >= 4 is 27.4 Å². The molecule has 10 heteroatoms. The van der Waals surface area contributed by atoms with E-state index >= 15 is 0 Å². The first-order valence-electron chi connectivity index (χ1n) is 7.47. The number of anilines is 1. The summed E-state index contributed by atoms with van der Waals surface area (Å²) in [5, 5.41) is 20.0. The Morgan fingerprint density at radius 3 is 2.42 bits per heavy atom. The number of aliphatic carboxylic acids is 1. The molecule has 0 aromatic heterocycles. The van der Waals surface area contributed by atoms with Gasteiger partial charge in [0.2, 0.25) is 0 Å². The average molecular weight is 380 g/mol. The van der Waals surface area contributed by atoms with Crippen LogP contribution >= 0.6 is 0 Å². The lowest BCUT2D eigenvalue weighted by atomic mass is 10.3. The quantitative estimate of drug-likeness (QED) is 0.550. The van der Waals surface area contributed by atoms with Gasteiger partial charge >= 0.3 is 5.97 Å². The third-order valence-electron chi connectivity index (χ3n) is 3.33. The fourth-order valence-corrected chi connectivity index (χ4v) is 3.61. The van der Waals surface area contributed by atoms with E-state index in [2.05, 4.69) is 0 Å². The first-order valence-corrected chi connectivity index (χ1v) is 8.91. The number of non-ortho nitro benzene ring substituents is 1.